The fourth-order valence-electron chi connectivity index (χ4n) is 1.95. The molecule has 130 valence electrons. The van der Waals surface area contributed by atoms with E-state index >= 15 is 0 Å². The Balaban J connectivity index is 2.10. The van der Waals surface area contributed by atoms with Gasteiger partial charge in [0.2, 0.25) is 5.91 Å². The van der Waals surface area contributed by atoms with Crippen LogP contribution < -0.4 is 10.6 Å². The van der Waals surface area contributed by atoms with E-state index in [1.54, 1.807) is 19.0 Å². The Morgan fingerprint density at radius 2 is 2.17 bits per heavy atom. The van der Waals surface area contributed by atoms with Crippen LogP contribution in [0.15, 0.2) is 29.4 Å². The molecular formula is C16H25N7O. The van der Waals surface area contributed by atoms with E-state index in [1.807, 2.05) is 28.8 Å². The van der Waals surface area contributed by atoms with Crippen molar-refractivity contribution in [3.8, 4) is 0 Å². The van der Waals surface area contributed by atoms with Crippen LogP contribution >= 0.6 is 0 Å². The number of aromatic nitrogens is 3. The standard InChI is InChI=1S/C16H25N7O/c1-5-12(2)19-16(18-11-15(24)22(3)4)17-10-14-21-20-13-8-6-7-9-23(13)14/h6-9,12H,5,10-11H2,1-4H3,(H2,17,18,19). The summed E-state index contributed by atoms with van der Waals surface area (Å²) in [5, 5.41) is 14.6. The van der Waals surface area contributed by atoms with Crippen molar-refractivity contribution in [2.45, 2.75) is 32.9 Å². The Bertz CT molecular complexity index is 707. The molecule has 0 aliphatic heterocycles. The maximum atomic E-state index is 11.8. The number of guanidine groups is 1. The van der Waals surface area contributed by atoms with Gasteiger partial charge in [-0.3, -0.25) is 9.20 Å². The van der Waals surface area contributed by atoms with Gasteiger partial charge in [-0.05, 0) is 25.5 Å². The van der Waals surface area contributed by atoms with E-state index < -0.39 is 0 Å². The van der Waals surface area contributed by atoms with Gasteiger partial charge in [0, 0.05) is 26.3 Å². The van der Waals surface area contributed by atoms with Crippen molar-refractivity contribution in [2.24, 2.45) is 4.99 Å². The second kappa shape index (κ2) is 8.28. The Labute approximate surface area is 142 Å². The topological polar surface area (TPSA) is 86.9 Å². The highest BCUT2D eigenvalue weighted by molar-refractivity contribution is 5.86. The quantitative estimate of drug-likeness (QED) is 0.599. The number of aliphatic imine (C=N–C) groups is 1. The third-order valence-corrected chi connectivity index (χ3v) is 3.66. The van der Waals surface area contributed by atoms with Crippen LogP contribution in [-0.2, 0) is 11.3 Å². The van der Waals surface area contributed by atoms with Crippen molar-refractivity contribution >= 4 is 17.5 Å². The lowest BCUT2D eigenvalue weighted by Crippen LogP contribution is -2.45. The van der Waals surface area contributed by atoms with Crippen LogP contribution in [-0.4, -0.2) is 58.0 Å². The number of pyridine rings is 1. The average Bonchev–Trinajstić information content (AvgIpc) is 2.99. The first-order valence-electron chi connectivity index (χ1n) is 8.05. The largest absolute Gasteiger partial charge is 0.354 e. The fraction of sp³-hybridized carbons (Fsp3) is 0.500. The molecule has 8 nitrogen and oxygen atoms in total. The summed E-state index contributed by atoms with van der Waals surface area (Å²) in [6, 6.07) is 5.99. The summed E-state index contributed by atoms with van der Waals surface area (Å²) >= 11 is 0. The van der Waals surface area contributed by atoms with Gasteiger partial charge in [-0.15, -0.1) is 10.2 Å². The lowest BCUT2D eigenvalue weighted by Gasteiger charge is -2.18. The average molecular weight is 331 g/mol. The molecule has 0 aliphatic rings. The molecule has 0 bridgehead atoms. The van der Waals surface area contributed by atoms with Gasteiger partial charge in [-0.1, -0.05) is 13.0 Å². The number of amides is 1. The fourth-order valence-corrected chi connectivity index (χ4v) is 1.95. The molecule has 2 aromatic heterocycles. The smallest absolute Gasteiger partial charge is 0.241 e. The van der Waals surface area contributed by atoms with Crippen LogP contribution in [0.25, 0.3) is 5.65 Å². The molecule has 2 heterocycles. The number of carbonyl (C=O) groups excluding carboxylic acids is 1. The zero-order valence-corrected chi connectivity index (χ0v) is 14.7. The molecule has 0 saturated heterocycles. The monoisotopic (exact) mass is 331 g/mol. The van der Waals surface area contributed by atoms with Crippen LogP contribution in [0.2, 0.25) is 0 Å². The van der Waals surface area contributed by atoms with Crippen molar-refractivity contribution in [3.05, 3.63) is 30.2 Å². The number of hydrogen-bond donors (Lipinski definition) is 2. The molecule has 24 heavy (non-hydrogen) atoms. The summed E-state index contributed by atoms with van der Waals surface area (Å²) in [4.78, 5) is 17.8. The maximum Gasteiger partial charge on any atom is 0.241 e. The van der Waals surface area contributed by atoms with Gasteiger partial charge in [0.1, 0.15) is 6.54 Å². The van der Waals surface area contributed by atoms with E-state index in [0.29, 0.717) is 12.5 Å². The second-order valence-electron chi connectivity index (χ2n) is 5.81. The summed E-state index contributed by atoms with van der Waals surface area (Å²) in [5.41, 5.74) is 0.787. The molecule has 0 fully saturated rings. The predicted molar refractivity (Wildman–Crippen MR) is 93.7 cm³/mol. The summed E-state index contributed by atoms with van der Waals surface area (Å²) < 4.78 is 1.90. The Morgan fingerprint density at radius 1 is 1.38 bits per heavy atom. The molecule has 0 aromatic carbocycles. The predicted octanol–water partition coefficient (Wildman–Crippen LogP) is 0.651. The first-order valence-corrected chi connectivity index (χ1v) is 8.05. The summed E-state index contributed by atoms with van der Waals surface area (Å²) in [5.74, 6) is 1.32. The van der Waals surface area contributed by atoms with Crippen molar-refractivity contribution < 1.29 is 4.79 Å². The van der Waals surface area contributed by atoms with Crippen molar-refractivity contribution in [1.82, 2.24) is 30.1 Å². The van der Waals surface area contributed by atoms with Gasteiger partial charge in [0.15, 0.2) is 17.4 Å². The summed E-state index contributed by atoms with van der Waals surface area (Å²) in [6.45, 7) is 4.71. The molecule has 1 unspecified atom stereocenters. The second-order valence-corrected chi connectivity index (χ2v) is 5.81. The number of nitrogens with one attached hydrogen (secondary N) is 2. The minimum absolute atomic E-state index is 0.0124. The Hall–Kier alpha value is -2.64. The molecule has 0 spiro atoms. The normalized spacial score (nSPS) is 12.9. The minimum Gasteiger partial charge on any atom is -0.354 e. The Kier molecular flexibility index (Phi) is 6.11. The molecule has 2 N–H and O–H groups in total. The molecule has 2 aromatic rings. The highest BCUT2D eigenvalue weighted by Gasteiger charge is 2.09. The van der Waals surface area contributed by atoms with Gasteiger partial charge in [0.05, 0.1) is 6.54 Å². The van der Waals surface area contributed by atoms with Crippen molar-refractivity contribution in [2.75, 3.05) is 20.6 Å². The highest BCUT2D eigenvalue weighted by Crippen LogP contribution is 2.03. The van der Waals surface area contributed by atoms with E-state index in [9.17, 15) is 4.79 Å². The molecule has 0 saturated carbocycles. The van der Waals surface area contributed by atoms with Gasteiger partial charge in [-0.2, -0.15) is 0 Å². The number of hydrogen-bond acceptors (Lipinski definition) is 4. The number of carbonyl (C=O) groups is 1. The van der Waals surface area contributed by atoms with Crippen molar-refractivity contribution in [3.63, 3.8) is 0 Å². The summed E-state index contributed by atoms with van der Waals surface area (Å²) in [7, 11) is 3.45. The van der Waals surface area contributed by atoms with E-state index in [-0.39, 0.29) is 18.5 Å². The molecule has 1 amide bonds. The lowest BCUT2D eigenvalue weighted by atomic mass is 10.3. The van der Waals surface area contributed by atoms with E-state index in [0.717, 1.165) is 17.9 Å². The zero-order valence-electron chi connectivity index (χ0n) is 14.7. The van der Waals surface area contributed by atoms with Crippen molar-refractivity contribution in [1.29, 1.82) is 0 Å². The number of rotatable bonds is 6. The summed E-state index contributed by atoms with van der Waals surface area (Å²) in [6.07, 6.45) is 2.86. The van der Waals surface area contributed by atoms with Crippen LogP contribution in [0.3, 0.4) is 0 Å². The first-order chi connectivity index (χ1) is 11.5. The SMILES string of the molecule is CCC(C)NC(=NCc1nnc2ccccn12)NCC(=O)N(C)C. The zero-order chi connectivity index (χ0) is 17.5. The molecule has 8 heteroatoms. The van der Waals surface area contributed by atoms with E-state index in [2.05, 4.69) is 39.7 Å². The van der Waals surface area contributed by atoms with Gasteiger partial charge in [0.25, 0.3) is 0 Å². The number of likely N-dealkylation sites (N-methyl/N-ethyl adjacent to an activating group) is 1. The van der Waals surface area contributed by atoms with Gasteiger partial charge >= 0.3 is 0 Å². The third kappa shape index (κ3) is 4.68. The molecule has 1 atom stereocenters. The minimum atomic E-state index is -0.0124. The van der Waals surface area contributed by atoms with Crippen LogP contribution in [0.4, 0.5) is 0 Å². The highest BCUT2D eigenvalue weighted by atomic mass is 16.2. The molecular weight excluding hydrogens is 306 g/mol. The molecule has 0 aliphatic carbocycles. The van der Waals surface area contributed by atoms with Crippen LogP contribution in [0, 0.1) is 0 Å². The van der Waals surface area contributed by atoms with Gasteiger partial charge < -0.3 is 15.5 Å². The van der Waals surface area contributed by atoms with Crippen LogP contribution in [0.5, 0.6) is 0 Å². The van der Waals surface area contributed by atoms with E-state index in [1.165, 1.54) is 0 Å². The lowest BCUT2D eigenvalue weighted by molar-refractivity contribution is -0.127. The van der Waals surface area contributed by atoms with Crippen LogP contribution in [0.1, 0.15) is 26.1 Å². The molecule has 0 radical (unpaired) electrons. The van der Waals surface area contributed by atoms with E-state index in [4.69, 9.17) is 0 Å². The maximum absolute atomic E-state index is 11.8. The first kappa shape index (κ1) is 17.7. The third-order valence-electron chi connectivity index (χ3n) is 3.66. The Morgan fingerprint density at radius 3 is 2.88 bits per heavy atom. The number of fused-ring (bicyclic) bond motifs is 1. The molecule has 2 rings (SSSR count). The van der Waals surface area contributed by atoms with Gasteiger partial charge in [-0.25, -0.2) is 4.99 Å². The number of nitrogens with zero attached hydrogens (tertiary/aromatic N) is 5.